The van der Waals surface area contributed by atoms with Crippen LogP contribution in [0.1, 0.15) is 24.7 Å². The SMILES string of the molecule is CCOc1ccc(C=Nn2c(SC)nnc2C(F)F)cc1. The van der Waals surface area contributed by atoms with E-state index in [1.165, 1.54) is 18.0 Å². The predicted molar refractivity (Wildman–Crippen MR) is 77.4 cm³/mol. The summed E-state index contributed by atoms with van der Waals surface area (Å²) in [6.07, 6.45) is 0.475. The Kier molecular flexibility index (Phi) is 5.26. The van der Waals surface area contributed by atoms with Gasteiger partial charge in [-0.2, -0.15) is 9.78 Å². The zero-order valence-corrected chi connectivity index (χ0v) is 12.3. The lowest BCUT2D eigenvalue weighted by Crippen LogP contribution is -2.00. The van der Waals surface area contributed by atoms with Crippen molar-refractivity contribution in [2.24, 2.45) is 5.10 Å². The molecule has 112 valence electrons. The molecule has 0 aliphatic carbocycles. The van der Waals surface area contributed by atoms with E-state index >= 15 is 0 Å². The van der Waals surface area contributed by atoms with E-state index in [4.69, 9.17) is 4.74 Å². The molecule has 0 amide bonds. The summed E-state index contributed by atoms with van der Waals surface area (Å²) in [7, 11) is 0. The summed E-state index contributed by atoms with van der Waals surface area (Å²) in [4.78, 5) is 0. The Morgan fingerprint density at radius 3 is 2.62 bits per heavy atom. The van der Waals surface area contributed by atoms with Crippen LogP contribution in [0.25, 0.3) is 0 Å². The standard InChI is InChI=1S/C13H14F2N4OS/c1-3-20-10-6-4-9(5-7-10)8-16-19-12(11(14)15)17-18-13(19)21-2/h4-8,11H,3H2,1-2H3. The van der Waals surface area contributed by atoms with Gasteiger partial charge < -0.3 is 4.74 Å². The van der Waals surface area contributed by atoms with Crippen molar-refractivity contribution in [2.45, 2.75) is 18.5 Å². The number of thioether (sulfide) groups is 1. The third kappa shape index (κ3) is 3.78. The van der Waals surface area contributed by atoms with Crippen LogP contribution in [0.15, 0.2) is 34.5 Å². The van der Waals surface area contributed by atoms with Crippen LogP contribution < -0.4 is 4.74 Å². The average molecular weight is 312 g/mol. The first-order chi connectivity index (χ1) is 10.2. The van der Waals surface area contributed by atoms with Crippen molar-refractivity contribution in [2.75, 3.05) is 12.9 Å². The number of rotatable bonds is 6. The van der Waals surface area contributed by atoms with Crippen LogP contribution in [0.3, 0.4) is 0 Å². The molecule has 0 bridgehead atoms. The van der Waals surface area contributed by atoms with Gasteiger partial charge in [0, 0.05) is 0 Å². The number of nitrogens with zero attached hydrogens (tertiary/aromatic N) is 4. The highest BCUT2D eigenvalue weighted by atomic mass is 32.2. The zero-order chi connectivity index (χ0) is 15.2. The first-order valence-corrected chi connectivity index (χ1v) is 7.42. The molecule has 2 rings (SSSR count). The van der Waals surface area contributed by atoms with Gasteiger partial charge in [0.2, 0.25) is 11.0 Å². The summed E-state index contributed by atoms with van der Waals surface area (Å²) in [5, 5.41) is 11.5. The van der Waals surface area contributed by atoms with Crippen molar-refractivity contribution in [3.05, 3.63) is 35.7 Å². The van der Waals surface area contributed by atoms with Crippen LogP contribution in [0.2, 0.25) is 0 Å². The Bertz CT molecular complexity index is 613. The van der Waals surface area contributed by atoms with Crippen molar-refractivity contribution >= 4 is 18.0 Å². The molecule has 0 radical (unpaired) electrons. The fraction of sp³-hybridized carbons (Fsp3) is 0.308. The third-order valence-electron chi connectivity index (χ3n) is 2.53. The van der Waals surface area contributed by atoms with Crippen molar-refractivity contribution in [1.82, 2.24) is 14.9 Å². The van der Waals surface area contributed by atoms with Crippen molar-refractivity contribution in [3.63, 3.8) is 0 Å². The summed E-state index contributed by atoms with van der Waals surface area (Å²) >= 11 is 1.20. The van der Waals surface area contributed by atoms with Gasteiger partial charge in [-0.3, -0.25) is 0 Å². The second-order valence-corrected chi connectivity index (χ2v) is 4.68. The average Bonchev–Trinajstić information content (AvgIpc) is 2.90. The van der Waals surface area contributed by atoms with E-state index < -0.39 is 12.2 Å². The van der Waals surface area contributed by atoms with Gasteiger partial charge in [0.1, 0.15) is 5.75 Å². The minimum absolute atomic E-state index is 0.312. The minimum atomic E-state index is -2.73. The number of ether oxygens (including phenoxy) is 1. The quantitative estimate of drug-likeness (QED) is 0.607. The summed E-state index contributed by atoms with van der Waals surface area (Å²) in [5.74, 6) is 0.276. The van der Waals surface area contributed by atoms with Crippen LogP contribution in [-0.4, -0.2) is 34.0 Å². The molecule has 0 aliphatic heterocycles. The minimum Gasteiger partial charge on any atom is -0.494 e. The lowest BCUT2D eigenvalue weighted by molar-refractivity contribution is 0.135. The van der Waals surface area contributed by atoms with Gasteiger partial charge >= 0.3 is 0 Å². The fourth-order valence-corrected chi connectivity index (χ4v) is 2.03. The molecule has 0 unspecified atom stereocenters. The second kappa shape index (κ2) is 7.16. The molecule has 0 aliphatic rings. The van der Waals surface area contributed by atoms with Crippen LogP contribution in [0.5, 0.6) is 5.75 Å². The second-order valence-electron chi connectivity index (χ2n) is 3.90. The first kappa shape index (κ1) is 15.4. The summed E-state index contributed by atoms with van der Waals surface area (Å²) in [6, 6.07) is 7.17. The number of benzene rings is 1. The number of hydrogen-bond acceptors (Lipinski definition) is 5. The van der Waals surface area contributed by atoms with E-state index in [0.717, 1.165) is 16.0 Å². The maximum atomic E-state index is 12.8. The highest BCUT2D eigenvalue weighted by molar-refractivity contribution is 7.98. The van der Waals surface area contributed by atoms with E-state index in [1.807, 2.05) is 6.92 Å². The van der Waals surface area contributed by atoms with Crippen molar-refractivity contribution in [1.29, 1.82) is 0 Å². The molecular weight excluding hydrogens is 298 g/mol. The molecule has 8 heteroatoms. The van der Waals surface area contributed by atoms with E-state index in [2.05, 4.69) is 15.3 Å². The fourth-order valence-electron chi connectivity index (χ4n) is 1.59. The molecule has 0 atom stereocenters. The van der Waals surface area contributed by atoms with Gasteiger partial charge in [-0.25, -0.2) is 8.78 Å². The third-order valence-corrected chi connectivity index (χ3v) is 3.15. The van der Waals surface area contributed by atoms with E-state index in [9.17, 15) is 8.78 Å². The number of halogens is 2. The van der Waals surface area contributed by atoms with Crippen LogP contribution in [0, 0.1) is 0 Å². The highest BCUT2D eigenvalue weighted by Gasteiger charge is 2.19. The largest absolute Gasteiger partial charge is 0.494 e. The zero-order valence-electron chi connectivity index (χ0n) is 11.5. The monoisotopic (exact) mass is 312 g/mol. The number of hydrogen-bond donors (Lipinski definition) is 0. The molecule has 5 nitrogen and oxygen atoms in total. The molecule has 2 aromatic rings. The summed E-state index contributed by atoms with van der Waals surface area (Å²) < 4.78 is 32.0. The summed E-state index contributed by atoms with van der Waals surface area (Å²) in [5.41, 5.74) is 0.763. The van der Waals surface area contributed by atoms with Crippen molar-refractivity contribution < 1.29 is 13.5 Å². The van der Waals surface area contributed by atoms with Crippen LogP contribution >= 0.6 is 11.8 Å². The Hall–Kier alpha value is -1.96. The van der Waals surface area contributed by atoms with E-state index in [0.29, 0.717) is 11.8 Å². The summed E-state index contributed by atoms with van der Waals surface area (Å²) in [6.45, 7) is 2.49. The number of aromatic nitrogens is 3. The maximum absolute atomic E-state index is 12.8. The van der Waals surface area contributed by atoms with Crippen molar-refractivity contribution in [3.8, 4) is 5.75 Å². The normalized spacial score (nSPS) is 11.5. The van der Waals surface area contributed by atoms with Gasteiger partial charge in [0.15, 0.2) is 0 Å². The molecule has 0 saturated carbocycles. The van der Waals surface area contributed by atoms with Gasteiger partial charge in [0.05, 0.1) is 12.8 Å². The molecule has 1 heterocycles. The molecule has 1 aromatic carbocycles. The highest BCUT2D eigenvalue weighted by Crippen LogP contribution is 2.21. The molecular formula is C13H14F2N4OS. The lowest BCUT2D eigenvalue weighted by atomic mass is 10.2. The lowest BCUT2D eigenvalue weighted by Gasteiger charge is -2.03. The topological polar surface area (TPSA) is 52.3 Å². The first-order valence-electron chi connectivity index (χ1n) is 6.20. The Morgan fingerprint density at radius 2 is 2.05 bits per heavy atom. The van der Waals surface area contributed by atoms with Gasteiger partial charge in [-0.1, -0.05) is 11.8 Å². The van der Waals surface area contributed by atoms with Crippen LogP contribution in [-0.2, 0) is 0 Å². The van der Waals surface area contributed by atoms with Crippen LogP contribution in [0.4, 0.5) is 8.78 Å². The molecule has 1 aromatic heterocycles. The predicted octanol–water partition coefficient (Wildman–Crippen LogP) is 3.22. The molecule has 0 N–H and O–H groups in total. The Labute approximate surface area is 125 Å². The maximum Gasteiger partial charge on any atom is 0.299 e. The molecule has 0 saturated heterocycles. The smallest absolute Gasteiger partial charge is 0.299 e. The Morgan fingerprint density at radius 1 is 1.33 bits per heavy atom. The molecule has 0 spiro atoms. The van der Waals surface area contributed by atoms with Gasteiger partial charge in [-0.05, 0) is 43.0 Å². The Balaban J connectivity index is 2.22. The number of alkyl halides is 2. The van der Waals surface area contributed by atoms with E-state index in [-0.39, 0.29) is 0 Å². The van der Waals surface area contributed by atoms with E-state index in [1.54, 1.807) is 30.5 Å². The van der Waals surface area contributed by atoms with Gasteiger partial charge in [0.25, 0.3) is 6.43 Å². The molecule has 21 heavy (non-hydrogen) atoms. The van der Waals surface area contributed by atoms with Gasteiger partial charge in [-0.15, -0.1) is 10.2 Å². The molecule has 0 fully saturated rings.